The summed E-state index contributed by atoms with van der Waals surface area (Å²) in [5, 5.41) is 19.2. The zero-order valence-electron chi connectivity index (χ0n) is 7.92. The van der Waals surface area contributed by atoms with E-state index in [0.29, 0.717) is 0 Å². The lowest BCUT2D eigenvalue weighted by Gasteiger charge is -2.22. The van der Waals surface area contributed by atoms with Gasteiger partial charge in [0.05, 0.1) is 11.7 Å². The van der Waals surface area contributed by atoms with Crippen molar-refractivity contribution in [2.24, 2.45) is 0 Å². The SMILES string of the molecule is CCC(O)CCC1(O)CCCC1. The summed E-state index contributed by atoms with van der Waals surface area (Å²) in [6.07, 6.45) is 6.30. The molecule has 12 heavy (non-hydrogen) atoms. The maximum atomic E-state index is 9.92. The van der Waals surface area contributed by atoms with Crippen LogP contribution in [0, 0.1) is 0 Å². The monoisotopic (exact) mass is 172 g/mol. The summed E-state index contributed by atoms with van der Waals surface area (Å²) in [6.45, 7) is 1.98. The lowest BCUT2D eigenvalue weighted by atomic mass is 9.94. The van der Waals surface area contributed by atoms with Crippen LogP contribution in [-0.4, -0.2) is 21.9 Å². The van der Waals surface area contributed by atoms with E-state index in [2.05, 4.69) is 0 Å². The van der Waals surface area contributed by atoms with Crippen molar-refractivity contribution >= 4 is 0 Å². The first-order valence-electron chi connectivity index (χ1n) is 5.07. The van der Waals surface area contributed by atoms with E-state index in [0.717, 1.165) is 44.9 Å². The second-order valence-electron chi connectivity index (χ2n) is 4.03. The third-order valence-electron chi connectivity index (χ3n) is 2.95. The lowest BCUT2D eigenvalue weighted by Crippen LogP contribution is -2.25. The van der Waals surface area contributed by atoms with Crippen LogP contribution in [0.25, 0.3) is 0 Å². The second kappa shape index (κ2) is 4.24. The maximum Gasteiger partial charge on any atom is 0.0648 e. The molecule has 0 bridgehead atoms. The molecule has 0 radical (unpaired) electrons. The Bertz CT molecular complexity index is 128. The molecule has 1 aliphatic carbocycles. The standard InChI is InChI=1S/C10H20O2/c1-2-9(11)5-8-10(12)6-3-4-7-10/h9,11-12H,2-8H2,1H3. The summed E-state index contributed by atoms with van der Waals surface area (Å²) < 4.78 is 0. The Kier molecular flexibility index (Phi) is 3.53. The van der Waals surface area contributed by atoms with Gasteiger partial charge in [0.2, 0.25) is 0 Å². The molecule has 1 unspecified atom stereocenters. The molecule has 1 fully saturated rings. The highest BCUT2D eigenvalue weighted by atomic mass is 16.3. The van der Waals surface area contributed by atoms with Crippen LogP contribution in [0.5, 0.6) is 0 Å². The third kappa shape index (κ3) is 2.76. The molecule has 0 heterocycles. The van der Waals surface area contributed by atoms with Crippen molar-refractivity contribution in [3.05, 3.63) is 0 Å². The fraction of sp³-hybridized carbons (Fsp3) is 1.00. The molecule has 0 aromatic heterocycles. The molecule has 2 N–H and O–H groups in total. The van der Waals surface area contributed by atoms with E-state index < -0.39 is 5.60 Å². The Labute approximate surface area is 74.6 Å². The van der Waals surface area contributed by atoms with Gasteiger partial charge in [0.15, 0.2) is 0 Å². The first-order chi connectivity index (χ1) is 5.66. The van der Waals surface area contributed by atoms with Gasteiger partial charge in [0, 0.05) is 0 Å². The van der Waals surface area contributed by atoms with Gasteiger partial charge in [-0.3, -0.25) is 0 Å². The van der Waals surface area contributed by atoms with Gasteiger partial charge in [-0.05, 0) is 32.1 Å². The number of aliphatic hydroxyl groups is 2. The van der Waals surface area contributed by atoms with Gasteiger partial charge in [-0.15, -0.1) is 0 Å². The van der Waals surface area contributed by atoms with E-state index in [9.17, 15) is 10.2 Å². The van der Waals surface area contributed by atoms with Crippen molar-refractivity contribution in [2.75, 3.05) is 0 Å². The van der Waals surface area contributed by atoms with Crippen molar-refractivity contribution in [1.82, 2.24) is 0 Å². The number of hydrogen-bond donors (Lipinski definition) is 2. The van der Waals surface area contributed by atoms with E-state index in [1.807, 2.05) is 6.92 Å². The van der Waals surface area contributed by atoms with E-state index in [1.54, 1.807) is 0 Å². The van der Waals surface area contributed by atoms with E-state index in [-0.39, 0.29) is 6.10 Å². The van der Waals surface area contributed by atoms with Crippen LogP contribution in [-0.2, 0) is 0 Å². The van der Waals surface area contributed by atoms with Gasteiger partial charge in [0.25, 0.3) is 0 Å². The summed E-state index contributed by atoms with van der Waals surface area (Å²) in [4.78, 5) is 0. The summed E-state index contributed by atoms with van der Waals surface area (Å²) in [6, 6.07) is 0. The average Bonchev–Trinajstić information content (AvgIpc) is 2.49. The van der Waals surface area contributed by atoms with Crippen molar-refractivity contribution in [3.8, 4) is 0 Å². The molecule has 0 saturated heterocycles. The van der Waals surface area contributed by atoms with Crippen molar-refractivity contribution in [2.45, 2.75) is 63.6 Å². The number of rotatable bonds is 4. The molecular weight excluding hydrogens is 152 g/mol. The Balaban J connectivity index is 2.21. The van der Waals surface area contributed by atoms with Gasteiger partial charge in [0.1, 0.15) is 0 Å². The van der Waals surface area contributed by atoms with Crippen molar-refractivity contribution in [1.29, 1.82) is 0 Å². The largest absolute Gasteiger partial charge is 0.393 e. The van der Waals surface area contributed by atoms with Crippen molar-refractivity contribution < 1.29 is 10.2 Å². The molecule has 1 rings (SSSR count). The third-order valence-corrected chi connectivity index (χ3v) is 2.95. The second-order valence-corrected chi connectivity index (χ2v) is 4.03. The molecule has 1 aliphatic rings. The maximum absolute atomic E-state index is 9.92. The Morgan fingerprint density at radius 2 is 1.92 bits per heavy atom. The minimum absolute atomic E-state index is 0.213. The highest BCUT2D eigenvalue weighted by Gasteiger charge is 2.30. The zero-order valence-corrected chi connectivity index (χ0v) is 7.92. The Morgan fingerprint density at radius 1 is 1.33 bits per heavy atom. The van der Waals surface area contributed by atoms with Crippen LogP contribution in [0.3, 0.4) is 0 Å². The minimum Gasteiger partial charge on any atom is -0.393 e. The van der Waals surface area contributed by atoms with Crippen LogP contribution in [0.1, 0.15) is 51.9 Å². The number of aliphatic hydroxyl groups excluding tert-OH is 1. The quantitative estimate of drug-likeness (QED) is 0.679. The van der Waals surface area contributed by atoms with Gasteiger partial charge in [-0.2, -0.15) is 0 Å². The molecule has 2 heteroatoms. The van der Waals surface area contributed by atoms with Gasteiger partial charge in [-0.25, -0.2) is 0 Å². The van der Waals surface area contributed by atoms with Crippen LogP contribution < -0.4 is 0 Å². The molecule has 1 atom stereocenters. The van der Waals surface area contributed by atoms with Gasteiger partial charge in [-0.1, -0.05) is 19.8 Å². The van der Waals surface area contributed by atoms with Gasteiger partial charge >= 0.3 is 0 Å². The topological polar surface area (TPSA) is 40.5 Å². The first-order valence-corrected chi connectivity index (χ1v) is 5.07. The highest BCUT2D eigenvalue weighted by molar-refractivity contribution is 4.84. The molecule has 0 aromatic carbocycles. The molecule has 0 spiro atoms. The van der Waals surface area contributed by atoms with Crippen LogP contribution in [0.15, 0.2) is 0 Å². The molecule has 0 aliphatic heterocycles. The zero-order chi connectivity index (χ0) is 9.03. The normalized spacial score (nSPS) is 24.2. The summed E-state index contributed by atoms with van der Waals surface area (Å²) >= 11 is 0. The Morgan fingerprint density at radius 3 is 2.42 bits per heavy atom. The fourth-order valence-electron chi connectivity index (χ4n) is 1.92. The molecule has 72 valence electrons. The van der Waals surface area contributed by atoms with E-state index in [1.165, 1.54) is 0 Å². The van der Waals surface area contributed by atoms with E-state index >= 15 is 0 Å². The van der Waals surface area contributed by atoms with E-state index in [4.69, 9.17) is 0 Å². The summed E-state index contributed by atoms with van der Waals surface area (Å²) in [5.74, 6) is 0. The first kappa shape index (κ1) is 10.0. The predicted octanol–water partition coefficient (Wildman–Crippen LogP) is 1.84. The fourth-order valence-corrected chi connectivity index (χ4v) is 1.92. The average molecular weight is 172 g/mol. The van der Waals surface area contributed by atoms with Crippen LogP contribution in [0.2, 0.25) is 0 Å². The summed E-state index contributed by atoms with van der Waals surface area (Å²) in [7, 11) is 0. The molecule has 2 nitrogen and oxygen atoms in total. The Hall–Kier alpha value is -0.0800. The molecule has 0 aromatic rings. The van der Waals surface area contributed by atoms with Crippen molar-refractivity contribution in [3.63, 3.8) is 0 Å². The smallest absolute Gasteiger partial charge is 0.0648 e. The van der Waals surface area contributed by atoms with Crippen LogP contribution >= 0.6 is 0 Å². The lowest BCUT2D eigenvalue weighted by molar-refractivity contribution is 0.0213. The number of hydrogen-bond acceptors (Lipinski definition) is 2. The summed E-state index contributed by atoms with van der Waals surface area (Å²) in [5.41, 5.74) is -0.434. The molecular formula is C10H20O2. The van der Waals surface area contributed by atoms with Crippen LogP contribution in [0.4, 0.5) is 0 Å². The minimum atomic E-state index is -0.434. The highest BCUT2D eigenvalue weighted by Crippen LogP contribution is 2.33. The predicted molar refractivity (Wildman–Crippen MR) is 48.9 cm³/mol. The molecule has 0 amide bonds. The molecule has 1 saturated carbocycles. The van der Waals surface area contributed by atoms with Gasteiger partial charge < -0.3 is 10.2 Å².